The van der Waals surface area contributed by atoms with E-state index in [1.807, 2.05) is 0 Å². The molecule has 1 aliphatic heterocycles. The molecule has 0 radical (unpaired) electrons. The zero-order valence-corrected chi connectivity index (χ0v) is 38.3. The largest absolute Gasteiger partial charge is 1.00 e. The normalized spacial score (nSPS) is 18.6. The van der Waals surface area contributed by atoms with E-state index in [1.54, 1.807) is 0 Å². The summed E-state index contributed by atoms with van der Waals surface area (Å²) in [5.74, 6) is 0. The van der Waals surface area contributed by atoms with Crippen molar-refractivity contribution in [1.29, 1.82) is 0 Å². The summed E-state index contributed by atoms with van der Waals surface area (Å²) in [6, 6.07) is 1.24. The highest BCUT2D eigenvalue weighted by molar-refractivity contribution is 4.93. The minimum Gasteiger partial charge on any atom is -1.00 e. The molecular formula is C46H88IN3O5. The van der Waals surface area contributed by atoms with Crippen LogP contribution in [-0.2, 0) is 4.74 Å². The summed E-state index contributed by atoms with van der Waals surface area (Å²) in [6.07, 6.45) is 40.7. The summed E-state index contributed by atoms with van der Waals surface area (Å²) < 4.78 is 8.16. The molecule has 0 unspecified atom stereocenters. The van der Waals surface area contributed by atoms with Gasteiger partial charge in [-0.2, -0.15) is 0 Å². The lowest BCUT2D eigenvalue weighted by Gasteiger charge is -2.37. The SMILES string of the molecule is CCCCCCCCCCCCCCCCCC[N+](C)(CCCCCCCCCCCCCCCCCC)C[C@H]1O[C@@H](n2ccc(=O)[nH]c2=O)[C@H](O)[C@@H]1O.[I-]. The van der Waals surface area contributed by atoms with Crippen LogP contribution in [0.1, 0.15) is 226 Å². The van der Waals surface area contributed by atoms with E-state index in [4.69, 9.17) is 4.74 Å². The number of hydrogen-bond donors (Lipinski definition) is 3. The van der Waals surface area contributed by atoms with E-state index in [0.29, 0.717) is 6.54 Å². The van der Waals surface area contributed by atoms with Crippen molar-refractivity contribution < 1.29 is 43.4 Å². The molecule has 1 fully saturated rings. The van der Waals surface area contributed by atoms with E-state index >= 15 is 0 Å². The molecule has 4 atom stereocenters. The van der Waals surface area contributed by atoms with Crippen LogP contribution >= 0.6 is 0 Å². The highest BCUT2D eigenvalue weighted by Crippen LogP contribution is 2.30. The number of nitrogens with one attached hydrogen (secondary N) is 1. The molecule has 0 amide bonds. The quantitative estimate of drug-likeness (QED) is 0.0356. The Kier molecular flexibility index (Phi) is 32.4. The first-order chi connectivity index (χ1) is 26.3. The number of nitrogens with zero attached hydrogens (tertiary/aromatic N) is 2. The topological polar surface area (TPSA) is 105 Å². The van der Waals surface area contributed by atoms with Gasteiger partial charge in [0.15, 0.2) is 6.23 Å². The fraction of sp³-hybridized carbons (Fsp3) is 0.913. The Morgan fingerprint density at radius 3 is 1.22 bits per heavy atom. The maximum Gasteiger partial charge on any atom is 0.330 e. The van der Waals surface area contributed by atoms with Gasteiger partial charge in [0.05, 0.1) is 20.1 Å². The lowest BCUT2D eigenvalue weighted by Crippen LogP contribution is -3.00. The molecule has 55 heavy (non-hydrogen) atoms. The third-order valence-corrected chi connectivity index (χ3v) is 12.2. The maximum absolute atomic E-state index is 12.5. The molecule has 8 nitrogen and oxygen atoms in total. The van der Waals surface area contributed by atoms with Crippen LogP contribution in [0.25, 0.3) is 0 Å². The first-order valence-electron chi connectivity index (χ1n) is 23.5. The predicted molar refractivity (Wildman–Crippen MR) is 227 cm³/mol. The van der Waals surface area contributed by atoms with Gasteiger partial charge in [-0.3, -0.25) is 14.3 Å². The van der Waals surface area contributed by atoms with E-state index in [-0.39, 0.29) is 24.0 Å². The maximum atomic E-state index is 12.5. The predicted octanol–water partition coefficient (Wildman–Crippen LogP) is 8.13. The van der Waals surface area contributed by atoms with E-state index in [0.717, 1.165) is 30.4 Å². The smallest absolute Gasteiger partial charge is 0.330 e. The van der Waals surface area contributed by atoms with Gasteiger partial charge in [-0.05, 0) is 25.7 Å². The number of aliphatic hydroxyl groups is 2. The summed E-state index contributed by atoms with van der Waals surface area (Å²) in [5.41, 5.74) is -1.14. The summed E-state index contributed by atoms with van der Waals surface area (Å²) in [4.78, 5) is 26.3. The third kappa shape index (κ3) is 24.7. The first-order valence-corrected chi connectivity index (χ1v) is 23.5. The minimum absolute atomic E-state index is 0. The number of aromatic nitrogens is 2. The van der Waals surface area contributed by atoms with Gasteiger partial charge in [0.1, 0.15) is 24.9 Å². The zero-order chi connectivity index (χ0) is 39.1. The molecule has 0 aliphatic carbocycles. The third-order valence-electron chi connectivity index (χ3n) is 12.2. The fourth-order valence-electron chi connectivity index (χ4n) is 8.55. The number of likely N-dealkylation sites (N-methyl/N-ethyl adjacent to an activating group) is 1. The molecular weight excluding hydrogens is 801 g/mol. The number of aliphatic hydroxyl groups excluding tert-OH is 2. The Bertz CT molecular complexity index is 1090. The summed E-state index contributed by atoms with van der Waals surface area (Å²) >= 11 is 0. The van der Waals surface area contributed by atoms with Crippen molar-refractivity contribution in [2.75, 3.05) is 26.7 Å². The Morgan fingerprint density at radius 2 is 0.891 bits per heavy atom. The standard InChI is InChI=1S/C46H87N3O5.HI/c1-4-6-8-10-12-14-16-18-20-22-24-26-28-30-32-34-38-49(3,39-35-33-31-29-27-25-23-21-19-17-15-13-11-9-7-5-2)40-41-43(51)44(52)45(54-41)48-37-36-42(50)47-46(48)53;/h36-37,41,43-45,51-52H,4-35,38-40H2,1-3H3;1H/t41-,43-,44-,45-;/m1./s1. The Labute approximate surface area is 355 Å². The second-order valence-electron chi connectivity index (χ2n) is 17.4. The summed E-state index contributed by atoms with van der Waals surface area (Å²) in [6.45, 7) is 7.19. The van der Waals surface area contributed by atoms with Gasteiger partial charge in [-0.25, -0.2) is 4.79 Å². The van der Waals surface area contributed by atoms with Gasteiger partial charge in [0, 0.05) is 12.3 Å². The lowest BCUT2D eigenvalue weighted by molar-refractivity contribution is -0.913. The summed E-state index contributed by atoms with van der Waals surface area (Å²) in [7, 11) is 2.28. The van der Waals surface area contributed by atoms with Crippen LogP contribution in [-0.4, -0.2) is 69.2 Å². The Morgan fingerprint density at radius 1 is 0.564 bits per heavy atom. The van der Waals surface area contributed by atoms with E-state index in [9.17, 15) is 19.8 Å². The molecule has 9 heteroatoms. The van der Waals surface area contributed by atoms with Crippen LogP contribution in [0, 0.1) is 0 Å². The average Bonchev–Trinajstić information content (AvgIpc) is 3.42. The Balaban J connectivity index is 0.0000151. The molecule has 1 aliphatic rings. The number of unbranched alkanes of at least 4 members (excludes halogenated alkanes) is 30. The molecule has 3 N–H and O–H groups in total. The van der Waals surface area contributed by atoms with Crippen LogP contribution in [0.5, 0.6) is 0 Å². The van der Waals surface area contributed by atoms with E-state index in [2.05, 4.69) is 25.9 Å². The zero-order valence-electron chi connectivity index (χ0n) is 36.1. The van der Waals surface area contributed by atoms with Gasteiger partial charge in [-0.1, -0.05) is 194 Å². The van der Waals surface area contributed by atoms with Crippen molar-refractivity contribution in [2.45, 2.75) is 244 Å². The van der Waals surface area contributed by atoms with Crippen molar-refractivity contribution in [2.24, 2.45) is 0 Å². The molecule has 0 bridgehead atoms. The van der Waals surface area contributed by atoms with Gasteiger partial charge >= 0.3 is 5.69 Å². The molecule has 0 spiro atoms. The molecule has 1 saturated heterocycles. The average molecular weight is 890 g/mol. The molecule has 1 aromatic rings. The number of halogens is 1. The molecule has 324 valence electrons. The van der Waals surface area contributed by atoms with Crippen LogP contribution < -0.4 is 35.2 Å². The summed E-state index contributed by atoms with van der Waals surface area (Å²) in [5, 5.41) is 21.9. The Hall–Kier alpha value is -0.750. The van der Waals surface area contributed by atoms with E-state index < -0.39 is 35.8 Å². The number of H-pyrrole nitrogens is 1. The monoisotopic (exact) mass is 890 g/mol. The highest BCUT2D eigenvalue weighted by Gasteiger charge is 2.47. The molecule has 0 aromatic carbocycles. The first kappa shape index (κ1) is 52.3. The van der Waals surface area contributed by atoms with Crippen molar-refractivity contribution >= 4 is 0 Å². The van der Waals surface area contributed by atoms with Gasteiger partial charge in [0.2, 0.25) is 0 Å². The van der Waals surface area contributed by atoms with Crippen LogP contribution in [0.2, 0.25) is 0 Å². The number of ether oxygens (including phenoxy) is 1. The van der Waals surface area contributed by atoms with Crippen LogP contribution in [0.4, 0.5) is 0 Å². The number of quaternary nitrogens is 1. The molecule has 2 rings (SSSR count). The van der Waals surface area contributed by atoms with Crippen LogP contribution in [0.15, 0.2) is 21.9 Å². The molecule has 0 saturated carbocycles. The second kappa shape index (κ2) is 34.1. The number of rotatable bonds is 37. The van der Waals surface area contributed by atoms with Crippen LogP contribution in [0.3, 0.4) is 0 Å². The van der Waals surface area contributed by atoms with Crippen molar-refractivity contribution in [3.05, 3.63) is 33.1 Å². The highest BCUT2D eigenvalue weighted by atomic mass is 127. The lowest BCUT2D eigenvalue weighted by atomic mass is 10.0. The van der Waals surface area contributed by atoms with Gasteiger partial charge in [0.25, 0.3) is 5.56 Å². The van der Waals surface area contributed by atoms with Crippen molar-refractivity contribution in [3.8, 4) is 0 Å². The van der Waals surface area contributed by atoms with Crippen molar-refractivity contribution in [1.82, 2.24) is 9.55 Å². The van der Waals surface area contributed by atoms with Crippen molar-refractivity contribution in [3.63, 3.8) is 0 Å². The van der Waals surface area contributed by atoms with Gasteiger partial charge in [-0.15, -0.1) is 0 Å². The molecule has 1 aromatic heterocycles. The fourth-order valence-corrected chi connectivity index (χ4v) is 8.55. The minimum atomic E-state index is -1.24. The number of aromatic amines is 1. The number of hydrogen-bond acceptors (Lipinski definition) is 5. The van der Waals surface area contributed by atoms with E-state index in [1.165, 1.54) is 209 Å². The molecule has 2 heterocycles. The second-order valence-corrected chi connectivity index (χ2v) is 17.4. The van der Waals surface area contributed by atoms with Gasteiger partial charge < -0.3 is 43.4 Å².